The average molecular weight is 464 g/mol. The molecule has 0 saturated carbocycles. The first-order valence-electron chi connectivity index (χ1n) is 9.78. The van der Waals surface area contributed by atoms with E-state index >= 15 is 0 Å². The second-order valence-corrected chi connectivity index (χ2v) is 7.31. The Balaban J connectivity index is 1.72. The van der Waals surface area contributed by atoms with Gasteiger partial charge in [0.1, 0.15) is 5.82 Å². The van der Waals surface area contributed by atoms with Crippen molar-refractivity contribution in [1.82, 2.24) is 25.6 Å². The molecule has 0 radical (unpaired) electrons. The Morgan fingerprint density at radius 1 is 1.03 bits per heavy atom. The molecule has 0 saturated heterocycles. The van der Waals surface area contributed by atoms with Gasteiger partial charge in [-0.1, -0.05) is 17.3 Å². The number of amides is 3. The van der Waals surface area contributed by atoms with Gasteiger partial charge in [0.05, 0.1) is 5.69 Å². The number of rotatable bonds is 6. The molecule has 1 aromatic heterocycles. The summed E-state index contributed by atoms with van der Waals surface area (Å²) in [5, 5.41) is 14.5. The number of nitrogens with one attached hydrogen (secondary N) is 3. The van der Waals surface area contributed by atoms with Crippen LogP contribution < -0.4 is 16.0 Å². The van der Waals surface area contributed by atoms with Crippen molar-refractivity contribution in [3.05, 3.63) is 71.3 Å². The van der Waals surface area contributed by atoms with Crippen LogP contribution in [0.4, 0.5) is 28.0 Å². The first-order chi connectivity index (χ1) is 15.5. The SMILES string of the molecule is CC(C)NC(=O)Nc1ccc(CNC(=O)c2nnn(-c3ccc(F)cc3)c2C(F)(F)F)cc1. The van der Waals surface area contributed by atoms with Crippen LogP contribution in [0.15, 0.2) is 48.5 Å². The van der Waals surface area contributed by atoms with E-state index in [1.807, 2.05) is 13.8 Å². The molecule has 3 rings (SSSR count). The number of carbonyl (C=O) groups excluding carboxylic acids is 2. The van der Waals surface area contributed by atoms with E-state index in [1.54, 1.807) is 24.3 Å². The minimum absolute atomic E-state index is 0.0397. The van der Waals surface area contributed by atoms with Crippen molar-refractivity contribution in [2.24, 2.45) is 0 Å². The highest BCUT2D eigenvalue weighted by Crippen LogP contribution is 2.32. The van der Waals surface area contributed by atoms with Crippen molar-refractivity contribution < 1.29 is 27.2 Å². The second kappa shape index (κ2) is 9.67. The van der Waals surface area contributed by atoms with Crippen molar-refractivity contribution in [2.75, 3.05) is 5.32 Å². The average Bonchev–Trinajstić information content (AvgIpc) is 3.19. The van der Waals surface area contributed by atoms with Gasteiger partial charge in [0.15, 0.2) is 11.4 Å². The topological polar surface area (TPSA) is 101 Å². The van der Waals surface area contributed by atoms with Crippen LogP contribution in [0.2, 0.25) is 0 Å². The maximum Gasteiger partial charge on any atom is 0.435 e. The number of hydrogen-bond donors (Lipinski definition) is 3. The predicted octanol–water partition coefficient (Wildman–Crippen LogP) is 3.89. The lowest BCUT2D eigenvalue weighted by atomic mass is 10.2. The summed E-state index contributed by atoms with van der Waals surface area (Å²) in [4.78, 5) is 24.2. The molecule has 0 spiro atoms. The first kappa shape index (κ1) is 23.7. The van der Waals surface area contributed by atoms with Gasteiger partial charge in [-0.05, 0) is 55.8 Å². The molecular formula is C21H20F4N6O2. The summed E-state index contributed by atoms with van der Waals surface area (Å²) in [5.74, 6) is -1.71. The van der Waals surface area contributed by atoms with Gasteiger partial charge in [-0.25, -0.2) is 13.9 Å². The van der Waals surface area contributed by atoms with E-state index in [9.17, 15) is 27.2 Å². The second-order valence-electron chi connectivity index (χ2n) is 7.31. The number of aromatic nitrogens is 3. The van der Waals surface area contributed by atoms with Crippen LogP contribution in [0.3, 0.4) is 0 Å². The zero-order valence-corrected chi connectivity index (χ0v) is 17.6. The maximum atomic E-state index is 13.7. The monoisotopic (exact) mass is 464 g/mol. The molecule has 8 nitrogen and oxygen atoms in total. The summed E-state index contributed by atoms with van der Waals surface area (Å²) in [6.07, 6.45) is -4.94. The normalized spacial score (nSPS) is 11.4. The standard InChI is InChI=1S/C21H20F4N6O2/c1-12(2)27-20(33)28-15-7-3-13(4-8-15)11-26-19(32)17-18(21(23,24)25)31(30-29-17)16-9-5-14(22)6-10-16/h3-10,12H,11H2,1-2H3,(H,26,32)(H2,27,28,33). The van der Waals surface area contributed by atoms with Gasteiger partial charge in [0.25, 0.3) is 5.91 Å². The molecule has 0 unspecified atom stereocenters. The van der Waals surface area contributed by atoms with E-state index < -0.39 is 29.3 Å². The van der Waals surface area contributed by atoms with E-state index in [4.69, 9.17) is 0 Å². The number of alkyl halides is 3. The number of benzene rings is 2. The number of urea groups is 1. The Morgan fingerprint density at radius 3 is 2.24 bits per heavy atom. The molecular weight excluding hydrogens is 444 g/mol. The lowest BCUT2D eigenvalue weighted by Gasteiger charge is -2.12. The Kier molecular flexibility index (Phi) is 6.95. The fourth-order valence-electron chi connectivity index (χ4n) is 2.85. The number of carbonyl (C=O) groups is 2. The van der Waals surface area contributed by atoms with Gasteiger partial charge < -0.3 is 16.0 Å². The van der Waals surface area contributed by atoms with E-state index in [0.717, 1.165) is 24.3 Å². The number of anilines is 1. The van der Waals surface area contributed by atoms with Gasteiger partial charge in [-0.15, -0.1) is 5.10 Å². The van der Waals surface area contributed by atoms with Crippen LogP contribution >= 0.6 is 0 Å². The number of hydrogen-bond acceptors (Lipinski definition) is 4. The molecule has 33 heavy (non-hydrogen) atoms. The minimum Gasteiger partial charge on any atom is -0.346 e. The molecule has 174 valence electrons. The predicted molar refractivity (Wildman–Crippen MR) is 111 cm³/mol. The number of halogens is 4. The largest absolute Gasteiger partial charge is 0.435 e. The lowest BCUT2D eigenvalue weighted by Crippen LogP contribution is -2.34. The highest BCUT2D eigenvalue weighted by atomic mass is 19.4. The van der Waals surface area contributed by atoms with Crippen LogP contribution in [0.25, 0.3) is 5.69 Å². The third-order valence-electron chi connectivity index (χ3n) is 4.31. The van der Waals surface area contributed by atoms with Gasteiger partial charge >= 0.3 is 12.2 Å². The van der Waals surface area contributed by atoms with Crippen LogP contribution in [-0.4, -0.2) is 33.0 Å². The molecule has 0 aliphatic heterocycles. The lowest BCUT2D eigenvalue weighted by molar-refractivity contribution is -0.143. The van der Waals surface area contributed by atoms with Crippen molar-refractivity contribution >= 4 is 17.6 Å². The van der Waals surface area contributed by atoms with E-state index in [1.165, 1.54) is 0 Å². The quantitative estimate of drug-likeness (QED) is 0.482. The molecule has 0 aliphatic carbocycles. The summed E-state index contributed by atoms with van der Waals surface area (Å²) in [6, 6.07) is 10.1. The fourth-order valence-corrected chi connectivity index (χ4v) is 2.85. The minimum atomic E-state index is -4.94. The molecule has 3 N–H and O–H groups in total. The van der Waals surface area contributed by atoms with Crippen molar-refractivity contribution in [3.8, 4) is 5.69 Å². The maximum absolute atomic E-state index is 13.7. The van der Waals surface area contributed by atoms with Crippen molar-refractivity contribution in [3.63, 3.8) is 0 Å². The molecule has 0 bridgehead atoms. The number of nitrogens with zero attached hydrogens (tertiary/aromatic N) is 3. The molecule has 2 aromatic carbocycles. The van der Waals surface area contributed by atoms with Gasteiger partial charge in [-0.2, -0.15) is 13.2 Å². The van der Waals surface area contributed by atoms with Gasteiger partial charge in [0, 0.05) is 18.3 Å². The van der Waals surface area contributed by atoms with E-state index in [0.29, 0.717) is 15.9 Å². The van der Waals surface area contributed by atoms with Crippen LogP contribution in [-0.2, 0) is 12.7 Å². The highest BCUT2D eigenvalue weighted by Gasteiger charge is 2.42. The molecule has 0 aliphatic rings. The summed E-state index contributed by atoms with van der Waals surface area (Å²) < 4.78 is 54.5. The Morgan fingerprint density at radius 2 is 1.67 bits per heavy atom. The molecule has 3 amide bonds. The van der Waals surface area contributed by atoms with Crippen molar-refractivity contribution in [2.45, 2.75) is 32.6 Å². The summed E-state index contributed by atoms with van der Waals surface area (Å²) >= 11 is 0. The molecule has 0 fully saturated rings. The fraction of sp³-hybridized carbons (Fsp3) is 0.238. The van der Waals surface area contributed by atoms with Crippen molar-refractivity contribution in [1.29, 1.82) is 0 Å². The molecule has 0 atom stereocenters. The smallest absolute Gasteiger partial charge is 0.346 e. The Labute approximate surface area is 186 Å². The summed E-state index contributed by atoms with van der Waals surface area (Å²) in [5.41, 5.74) is -1.29. The summed E-state index contributed by atoms with van der Waals surface area (Å²) in [7, 11) is 0. The Hall–Kier alpha value is -3.96. The Bertz CT molecular complexity index is 1130. The third-order valence-corrected chi connectivity index (χ3v) is 4.31. The summed E-state index contributed by atoms with van der Waals surface area (Å²) in [6.45, 7) is 3.54. The molecule has 3 aromatic rings. The first-order valence-corrected chi connectivity index (χ1v) is 9.78. The zero-order valence-electron chi connectivity index (χ0n) is 17.6. The van der Waals surface area contributed by atoms with E-state index in [-0.39, 0.29) is 24.3 Å². The van der Waals surface area contributed by atoms with Gasteiger partial charge in [0.2, 0.25) is 0 Å². The highest BCUT2D eigenvalue weighted by molar-refractivity contribution is 5.93. The zero-order chi connectivity index (χ0) is 24.2. The van der Waals surface area contributed by atoms with Crippen LogP contribution in [0.1, 0.15) is 35.6 Å². The third kappa shape index (κ3) is 6.05. The van der Waals surface area contributed by atoms with Crippen LogP contribution in [0, 0.1) is 5.82 Å². The molecule has 12 heteroatoms. The molecule has 1 heterocycles. The van der Waals surface area contributed by atoms with Crippen LogP contribution in [0.5, 0.6) is 0 Å². The van der Waals surface area contributed by atoms with Gasteiger partial charge in [-0.3, -0.25) is 4.79 Å². The van der Waals surface area contributed by atoms with E-state index in [2.05, 4.69) is 26.3 Å².